The van der Waals surface area contributed by atoms with Crippen LogP contribution in [0.3, 0.4) is 0 Å². The number of hydrogen-bond acceptors (Lipinski definition) is 5. The summed E-state index contributed by atoms with van der Waals surface area (Å²) in [7, 11) is 2.91. The molecule has 144 valence electrons. The molecule has 1 aromatic rings. The molecule has 2 rings (SSSR count). The fourth-order valence-electron chi connectivity index (χ4n) is 3.15. The van der Waals surface area contributed by atoms with Gasteiger partial charge in [-0.15, -0.1) is 0 Å². The second-order valence-electron chi connectivity index (χ2n) is 6.62. The average molecular weight is 384 g/mol. The zero-order valence-electron chi connectivity index (χ0n) is 15.6. The van der Waals surface area contributed by atoms with Gasteiger partial charge in [0.25, 0.3) is 5.91 Å². The van der Waals surface area contributed by atoms with Gasteiger partial charge in [0, 0.05) is 6.04 Å². The molecule has 1 amide bonds. The van der Waals surface area contributed by atoms with Crippen LogP contribution in [0.15, 0.2) is 12.1 Å². The van der Waals surface area contributed by atoms with Crippen LogP contribution in [-0.2, 0) is 9.53 Å². The van der Waals surface area contributed by atoms with Crippen molar-refractivity contribution in [2.24, 2.45) is 5.92 Å². The Kier molecular flexibility index (Phi) is 7.14. The van der Waals surface area contributed by atoms with Crippen molar-refractivity contribution in [3.05, 3.63) is 22.7 Å². The van der Waals surface area contributed by atoms with E-state index in [1.54, 1.807) is 6.92 Å². The number of amides is 1. The molecule has 6 nitrogen and oxygen atoms in total. The Morgan fingerprint density at radius 1 is 1.19 bits per heavy atom. The minimum atomic E-state index is -0.900. The molecule has 0 spiro atoms. The number of esters is 1. The minimum Gasteiger partial charge on any atom is -0.493 e. The molecule has 0 unspecified atom stereocenters. The van der Waals surface area contributed by atoms with Crippen molar-refractivity contribution in [1.82, 2.24) is 5.32 Å². The van der Waals surface area contributed by atoms with E-state index in [9.17, 15) is 9.59 Å². The highest BCUT2D eigenvalue weighted by Crippen LogP contribution is 2.36. The monoisotopic (exact) mass is 383 g/mol. The van der Waals surface area contributed by atoms with Gasteiger partial charge in [-0.3, -0.25) is 4.79 Å². The van der Waals surface area contributed by atoms with Crippen LogP contribution in [-0.4, -0.2) is 38.2 Å². The van der Waals surface area contributed by atoms with Crippen LogP contribution in [0, 0.1) is 5.92 Å². The molecule has 0 aromatic heterocycles. The summed E-state index contributed by atoms with van der Waals surface area (Å²) in [6, 6.07) is 3.04. The number of carbonyl (C=O) groups excluding carboxylic acids is 2. The van der Waals surface area contributed by atoms with Gasteiger partial charge in [-0.2, -0.15) is 0 Å². The molecule has 1 N–H and O–H groups in total. The number of carbonyl (C=O) groups is 2. The Hall–Kier alpha value is -1.95. The fourth-order valence-corrected chi connectivity index (χ4v) is 3.44. The van der Waals surface area contributed by atoms with Crippen LogP contribution in [0.25, 0.3) is 0 Å². The van der Waals surface area contributed by atoms with E-state index in [0.29, 0.717) is 17.4 Å². The summed E-state index contributed by atoms with van der Waals surface area (Å²) in [5.74, 6) is 0.152. The summed E-state index contributed by atoms with van der Waals surface area (Å²) in [6.45, 7) is 3.69. The molecule has 1 fully saturated rings. The highest BCUT2D eigenvalue weighted by atomic mass is 35.5. The SMILES string of the molecule is COc1cc(C(=O)O[C@H](C)C(=O)N[C@@H]2CCCC[C@@H]2C)cc(Cl)c1OC. The number of nitrogens with one attached hydrogen (secondary N) is 1. The Labute approximate surface area is 159 Å². The Morgan fingerprint density at radius 3 is 2.50 bits per heavy atom. The fraction of sp³-hybridized carbons (Fsp3) is 0.579. The quantitative estimate of drug-likeness (QED) is 0.760. The van der Waals surface area contributed by atoms with Gasteiger partial charge in [0.2, 0.25) is 0 Å². The molecule has 3 atom stereocenters. The summed E-state index contributed by atoms with van der Waals surface area (Å²) in [4.78, 5) is 24.7. The van der Waals surface area contributed by atoms with Crippen molar-refractivity contribution in [3.63, 3.8) is 0 Å². The van der Waals surface area contributed by atoms with E-state index in [2.05, 4.69) is 12.2 Å². The van der Waals surface area contributed by atoms with Gasteiger partial charge < -0.3 is 19.5 Å². The van der Waals surface area contributed by atoms with Gasteiger partial charge >= 0.3 is 5.97 Å². The molecule has 7 heteroatoms. The molecule has 0 aliphatic heterocycles. The first-order chi connectivity index (χ1) is 12.4. The third kappa shape index (κ3) is 4.81. The second kappa shape index (κ2) is 9.12. The Bertz CT molecular complexity index is 664. The van der Waals surface area contributed by atoms with E-state index < -0.39 is 12.1 Å². The van der Waals surface area contributed by atoms with Gasteiger partial charge in [-0.1, -0.05) is 31.4 Å². The zero-order chi connectivity index (χ0) is 19.3. The maximum Gasteiger partial charge on any atom is 0.339 e. The second-order valence-corrected chi connectivity index (χ2v) is 7.03. The molecular weight excluding hydrogens is 358 g/mol. The van der Waals surface area contributed by atoms with Crippen molar-refractivity contribution in [2.45, 2.75) is 51.7 Å². The molecule has 1 aliphatic carbocycles. The maximum atomic E-state index is 12.4. The smallest absolute Gasteiger partial charge is 0.339 e. The first-order valence-electron chi connectivity index (χ1n) is 8.80. The maximum absolute atomic E-state index is 12.4. The Morgan fingerprint density at radius 2 is 1.88 bits per heavy atom. The molecule has 1 aromatic carbocycles. The van der Waals surface area contributed by atoms with Crippen LogP contribution >= 0.6 is 11.6 Å². The summed E-state index contributed by atoms with van der Waals surface area (Å²) < 4.78 is 15.6. The van der Waals surface area contributed by atoms with Crippen LogP contribution in [0.5, 0.6) is 11.5 Å². The highest BCUT2D eigenvalue weighted by molar-refractivity contribution is 6.32. The molecular formula is C19H26ClNO5. The predicted molar refractivity (Wildman–Crippen MR) is 99.0 cm³/mol. The summed E-state index contributed by atoms with van der Waals surface area (Å²) in [5, 5.41) is 3.22. The number of methoxy groups -OCH3 is 2. The number of rotatable bonds is 6. The summed E-state index contributed by atoms with van der Waals surface area (Å²) in [6.07, 6.45) is 3.46. The third-order valence-electron chi connectivity index (χ3n) is 4.76. The topological polar surface area (TPSA) is 73.9 Å². The van der Waals surface area contributed by atoms with E-state index in [0.717, 1.165) is 19.3 Å². The minimum absolute atomic E-state index is 0.132. The van der Waals surface area contributed by atoms with E-state index in [1.807, 2.05) is 0 Å². The first kappa shape index (κ1) is 20.4. The van der Waals surface area contributed by atoms with E-state index >= 15 is 0 Å². The predicted octanol–water partition coefficient (Wildman–Crippen LogP) is 3.60. The summed E-state index contributed by atoms with van der Waals surface area (Å²) >= 11 is 6.11. The van der Waals surface area contributed by atoms with Crippen molar-refractivity contribution < 1.29 is 23.8 Å². The van der Waals surface area contributed by atoms with Crippen molar-refractivity contribution in [2.75, 3.05) is 14.2 Å². The van der Waals surface area contributed by atoms with Crippen molar-refractivity contribution in [3.8, 4) is 11.5 Å². The molecule has 1 aliphatic rings. The van der Waals surface area contributed by atoms with Gasteiger partial charge in [-0.25, -0.2) is 4.79 Å². The lowest BCUT2D eigenvalue weighted by molar-refractivity contribution is -0.130. The van der Waals surface area contributed by atoms with Crippen LogP contribution in [0.2, 0.25) is 5.02 Å². The van der Waals surface area contributed by atoms with Gasteiger partial charge in [-0.05, 0) is 37.8 Å². The number of halogens is 1. The number of hydrogen-bond donors (Lipinski definition) is 1. The average Bonchev–Trinajstić information content (AvgIpc) is 2.62. The largest absolute Gasteiger partial charge is 0.493 e. The Balaban J connectivity index is 2.02. The molecule has 0 heterocycles. The lowest BCUT2D eigenvalue weighted by atomic mass is 9.86. The molecule has 26 heavy (non-hydrogen) atoms. The van der Waals surface area contributed by atoms with E-state index in [1.165, 1.54) is 32.8 Å². The lowest BCUT2D eigenvalue weighted by Gasteiger charge is -2.30. The van der Waals surface area contributed by atoms with Gasteiger partial charge in [0.1, 0.15) is 0 Å². The highest BCUT2D eigenvalue weighted by Gasteiger charge is 2.27. The summed E-state index contributed by atoms with van der Waals surface area (Å²) in [5.41, 5.74) is 0.193. The van der Waals surface area contributed by atoms with Crippen LogP contribution < -0.4 is 14.8 Å². The number of benzene rings is 1. The van der Waals surface area contributed by atoms with Crippen molar-refractivity contribution >= 4 is 23.5 Å². The third-order valence-corrected chi connectivity index (χ3v) is 5.04. The normalized spacial score (nSPS) is 20.8. The van der Waals surface area contributed by atoms with E-state index in [4.69, 9.17) is 25.8 Å². The van der Waals surface area contributed by atoms with Gasteiger partial charge in [0.15, 0.2) is 17.6 Å². The molecule has 1 saturated carbocycles. The molecule has 0 radical (unpaired) electrons. The molecule has 0 saturated heterocycles. The van der Waals surface area contributed by atoms with Crippen LogP contribution in [0.4, 0.5) is 0 Å². The number of ether oxygens (including phenoxy) is 3. The van der Waals surface area contributed by atoms with Crippen molar-refractivity contribution in [1.29, 1.82) is 0 Å². The lowest BCUT2D eigenvalue weighted by Crippen LogP contribution is -2.45. The van der Waals surface area contributed by atoms with Crippen LogP contribution in [0.1, 0.15) is 49.9 Å². The zero-order valence-corrected chi connectivity index (χ0v) is 16.4. The van der Waals surface area contributed by atoms with Gasteiger partial charge in [0.05, 0.1) is 24.8 Å². The van der Waals surface area contributed by atoms with E-state index in [-0.39, 0.29) is 22.5 Å². The molecule has 0 bridgehead atoms. The standard InChI is InChI=1S/C19H26ClNO5/c1-11-7-5-6-8-15(11)21-18(22)12(2)26-19(23)13-9-14(20)17(25-4)16(10-13)24-3/h9-12,15H,5-8H2,1-4H3,(H,21,22)/t11-,12+,15+/m0/s1. The first-order valence-corrected chi connectivity index (χ1v) is 9.18.